The van der Waals surface area contributed by atoms with Crippen molar-refractivity contribution < 1.29 is 13.3 Å². The highest BCUT2D eigenvalue weighted by Crippen LogP contribution is 2.25. The molecule has 0 amide bonds. The molecule has 0 N–H and O–H groups in total. The summed E-state index contributed by atoms with van der Waals surface area (Å²) >= 11 is 0. The van der Waals surface area contributed by atoms with E-state index in [1.54, 1.807) is 12.1 Å². The second-order valence-electron chi connectivity index (χ2n) is 4.51. The molecule has 2 aromatic rings. The van der Waals surface area contributed by atoms with Gasteiger partial charge >= 0.3 is 0 Å². The third-order valence-electron chi connectivity index (χ3n) is 3.16. The number of nitrogens with zero attached hydrogens (tertiary/aromatic N) is 2. The van der Waals surface area contributed by atoms with E-state index in [1.807, 2.05) is 19.1 Å². The van der Waals surface area contributed by atoms with Crippen LogP contribution in [0.25, 0.3) is 0 Å². The number of nitro benzene ring substituents is 1. The minimum atomic E-state index is -3.75. The molecule has 0 aromatic heterocycles. The first-order valence-corrected chi connectivity index (χ1v) is 7.57. The maximum absolute atomic E-state index is 12.5. The molecule has 0 aliphatic carbocycles. The number of aryl methyl sites for hydroxylation is 1. The lowest BCUT2D eigenvalue weighted by Crippen LogP contribution is -2.27. The van der Waals surface area contributed by atoms with E-state index < -0.39 is 14.9 Å². The van der Waals surface area contributed by atoms with Crippen molar-refractivity contribution in [3.8, 4) is 0 Å². The van der Waals surface area contributed by atoms with Gasteiger partial charge in [0.1, 0.15) is 0 Å². The lowest BCUT2D eigenvalue weighted by Gasteiger charge is -2.21. The second-order valence-corrected chi connectivity index (χ2v) is 6.48. The second kappa shape index (κ2) is 5.53. The Morgan fingerprint density at radius 3 is 2.14 bits per heavy atom. The lowest BCUT2D eigenvalue weighted by atomic mass is 10.2. The average molecular weight is 306 g/mol. The molecule has 2 aromatic carbocycles. The van der Waals surface area contributed by atoms with Gasteiger partial charge in [-0.2, -0.15) is 0 Å². The number of nitro groups is 1. The molecule has 0 radical (unpaired) electrons. The van der Waals surface area contributed by atoms with Crippen LogP contribution in [0.5, 0.6) is 0 Å². The van der Waals surface area contributed by atoms with Crippen LogP contribution in [0.4, 0.5) is 11.4 Å². The van der Waals surface area contributed by atoms with Gasteiger partial charge in [-0.05, 0) is 30.7 Å². The van der Waals surface area contributed by atoms with Crippen LogP contribution in [0, 0.1) is 17.0 Å². The van der Waals surface area contributed by atoms with E-state index in [0.717, 1.165) is 5.56 Å². The summed E-state index contributed by atoms with van der Waals surface area (Å²) in [5.74, 6) is 0. The van der Waals surface area contributed by atoms with E-state index in [-0.39, 0.29) is 10.6 Å². The van der Waals surface area contributed by atoms with E-state index in [0.29, 0.717) is 5.69 Å². The minimum absolute atomic E-state index is 0.0128. The Kier molecular flexibility index (Phi) is 3.95. The van der Waals surface area contributed by atoms with Crippen molar-refractivity contribution in [3.63, 3.8) is 0 Å². The van der Waals surface area contributed by atoms with E-state index in [9.17, 15) is 18.5 Å². The van der Waals surface area contributed by atoms with Gasteiger partial charge in [0.05, 0.1) is 15.5 Å². The summed E-state index contributed by atoms with van der Waals surface area (Å²) in [6, 6.07) is 11.9. The molecule has 21 heavy (non-hydrogen) atoms. The smallest absolute Gasteiger partial charge is 0.269 e. The molecule has 0 aliphatic rings. The zero-order chi connectivity index (χ0) is 15.6. The van der Waals surface area contributed by atoms with Gasteiger partial charge in [0.2, 0.25) is 0 Å². The van der Waals surface area contributed by atoms with Gasteiger partial charge in [-0.1, -0.05) is 18.2 Å². The maximum Gasteiger partial charge on any atom is 0.269 e. The number of rotatable bonds is 4. The first-order valence-electron chi connectivity index (χ1n) is 6.13. The number of benzene rings is 2. The van der Waals surface area contributed by atoms with Crippen LogP contribution < -0.4 is 4.31 Å². The summed E-state index contributed by atoms with van der Waals surface area (Å²) in [6.07, 6.45) is 0. The zero-order valence-electron chi connectivity index (χ0n) is 11.6. The molecule has 0 aliphatic heterocycles. The molecule has 0 fully saturated rings. The van der Waals surface area contributed by atoms with Crippen molar-refractivity contribution in [1.29, 1.82) is 0 Å². The van der Waals surface area contributed by atoms with Crippen LogP contribution in [0.2, 0.25) is 0 Å². The van der Waals surface area contributed by atoms with E-state index in [4.69, 9.17) is 0 Å². The van der Waals surface area contributed by atoms with Crippen molar-refractivity contribution in [3.05, 3.63) is 64.2 Å². The largest absolute Gasteiger partial charge is 0.269 e. The fourth-order valence-corrected chi connectivity index (χ4v) is 3.20. The maximum atomic E-state index is 12.5. The molecule has 0 bridgehead atoms. The minimum Gasteiger partial charge on any atom is -0.269 e. The van der Waals surface area contributed by atoms with Crippen LogP contribution in [-0.4, -0.2) is 20.4 Å². The number of para-hydroxylation sites is 1. The number of anilines is 1. The summed E-state index contributed by atoms with van der Waals surface area (Å²) in [6.45, 7) is 1.82. The lowest BCUT2D eigenvalue weighted by molar-refractivity contribution is -0.384. The molecule has 0 heterocycles. The van der Waals surface area contributed by atoms with Gasteiger partial charge in [-0.15, -0.1) is 0 Å². The Bertz CT molecular complexity index is 770. The number of sulfonamides is 1. The monoisotopic (exact) mass is 306 g/mol. The van der Waals surface area contributed by atoms with Crippen molar-refractivity contribution >= 4 is 21.4 Å². The fourth-order valence-electron chi connectivity index (χ4n) is 1.94. The molecule has 7 heteroatoms. The summed E-state index contributed by atoms with van der Waals surface area (Å²) in [4.78, 5) is 10.1. The number of hydrogen-bond donors (Lipinski definition) is 0. The van der Waals surface area contributed by atoms with Crippen LogP contribution in [0.15, 0.2) is 53.4 Å². The highest BCUT2D eigenvalue weighted by atomic mass is 32.2. The van der Waals surface area contributed by atoms with Crippen LogP contribution in [0.1, 0.15) is 5.56 Å². The average Bonchev–Trinajstić information content (AvgIpc) is 2.47. The van der Waals surface area contributed by atoms with Gasteiger partial charge in [0, 0.05) is 19.2 Å². The molecule has 0 atom stereocenters. The normalized spacial score (nSPS) is 11.1. The van der Waals surface area contributed by atoms with Crippen LogP contribution in [0.3, 0.4) is 0 Å². The highest BCUT2D eigenvalue weighted by molar-refractivity contribution is 7.92. The first kappa shape index (κ1) is 15.0. The van der Waals surface area contributed by atoms with Crippen LogP contribution in [-0.2, 0) is 10.0 Å². The van der Waals surface area contributed by atoms with Crippen LogP contribution >= 0.6 is 0 Å². The SMILES string of the molecule is Cc1ccccc1N(C)S(=O)(=O)c1ccc([N+](=O)[O-])cc1. The molecule has 2 rings (SSSR count). The zero-order valence-corrected chi connectivity index (χ0v) is 12.4. The Balaban J connectivity index is 2.42. The fraction of sp³-hybridized carbons (Fsp3) is 0.143. The van der Waals surface area contributed by atoms with Gasteiger partial charge in [0.15, 0.2) is 0 Å². The molecule has 0 unspecified atom stereocenters. The molecule has 0 saturated carbocycles. The molecule has 0 spiro atoms. The summed E-state index contributed by atoms with van der Waals surface area (Å²) in [5, 5.41) is 10.6. The standard InChI is InChI=1S/C14H14N2O4S/c1-11-5-3-4-6-14(11)15(2)21(19,20)13-9-7-12(8-10-13)16(17)18/h3-10H,1-2H3. The quantitative estimate of drug-likeness (QED) is 0.642. The van der Waals surface area contributed by atoms with Gasteiger partial charge in [-0.3, -0.25) is 14.4 Å². The predicted octanol–water partition coefficient (Wildman–Crippen LogP) is 2.73. The van der Waals surface area contributed by atoms with Crippen molar-refractivity contribution in [2.45, 2.75) is 11.8 Å². The first-order chi connectivity index (χ1) is 9.84. The Morgan fingerprint density at radius 1 is 1.05 bits per heavy atom. The van der Waals surface area contributed by atoms with Crippen molar-refractivity contribution in [2.24, 2.45) is 0 Å². The van der Waals surface area contributed by atoms with Gasteiger partial charge < -0.3 is 0 Å². The Hall–Kier alpha value is -2.41. The van der Waals surface area contributed by atoms with Gasteiger partial charge in [-0.25, -0.2) is 8.42 Å². The van der Waals surface area contributed by atoms with Crippen molar-refractivity contribution in [1.82, 2.24) is 0 Å². The summed E-state index contributed by atoms with van der Waals surface area (Å²) < 4.78 is 26.2. The van der Waals surface area contributed by atoms with Crippen molar-refractivity contribution in [2.75, 3.05) is 11.4 Å². The molecule has 6 nitrogen and oxygen atoms in total. The third kappa shape index (κ3) is 2.87. The summed E-state index contributed by atoms with van der Waals surface area (Å²) in [7, 11) is -2.29. The van der Waals surface area contributed by atoms with Gasteiger partial charge in [0.25, 0.3) is 15.7 Å². The highest BCUT2D eigenvalue weighted by Gasteiger charge is 2.22. The predicted molar refractivity (Wildman–Crippen MR) is 79.9 cm³/mol. The molecular weight excluding hydrogens is 292 g/mol. The molecular formula is C14H14N2O4S. The topological polar surface area (TPSA) is 80.5 Å². The third-order valence-corrected chi connectivity index (χ3v) is 4.95. The number of non-ortho nitro benzene ring substituents is 1. The summed E-state index contributed by atoms with van der Waals surface area (Å²) in [5.41, 5.74) is 1.24. The van der Waals surface area contributed by atoms with E-state index in [1.165, 1.54) is 35.6 Å². The molecule has 0 saturated heterocycles. The van der Waals surface area contributed by atoms with E-state index in [2.05, 4.69) is 0 Å². The Morgan fingerprint density at radius 2 is 1.62 bits per heavy atom. The molecule has 110 valence electrons. The number of hydrogen-bond acceptors (Lipinski definition) is 4. The Labute approximate surface area is 122 Å². The van der Waals surface area contributed by atoms with E-state index >= 15 is 0 Å².